The van der Waals surface area contributed by atoms with E-state index in [-0.39, 0.29) is 11.9 Å². The number of nitrogens with zero attached hydrogens (tertiary/aromatic N) is 3. The van der Waals surface area contributed by atoms with Crippen molar-refractivity contribution in [2.45, 2.75) is 65.1 Å². The first-order valence-electron chi connectivity index (χ1n) is 8.95. The van der Waals surface area contributed by atoms with E-state index >= 15 is 0 Å². The minimum absolute atomic E-state index is 0.0579. The molecule has 1 aliphatic rings. The molecule has 1 fully saturated rings. The fourth-order valence-corrected chi connectivity index (χ4v) is 3.25. The molecule has 25 heavy (non-hydrogen) atoms. The van der Waals surface area contributed by atoms with Gasteiger partial charge in [-0.1, -0.05) is 6.07 Å². The lowest BCUT2D eigenvalue weighted by atomic mass is 10.2. The van der Waals surface area contributed by atoms with E-state index in [1.165, 1.54) is 12.8 Å². The van der Waals surface area contributed by atoms with Crippen molar-refractivity contribution in [1.29, 1.82) is 0 Å². The molecule has 0 aliphatic heterocycles. The summed E-state index contributed by atoms with van der Waals surface area (Å²) in [5, 5.41) is 7.32. The first-order chi connectivity index (χ1) is 12.0. The molecule has 2 aromatic rings. The van der Waals surface area contributed by atoms with Crippen LogP contribution < -0.4 is 10.1 Å². The van der Waals surface area contributed by atoms with Crippen molar-refractivity contribution in [2.75, 3.05) is 0 Å². The third-order valence-corrected chi connectivity index (χ3v) is 4.64. The highest BCUT2D eigenvalue weighted by atomic mass is 16.5. The van der Waals surface area contributed by atoms with Crippen LogP contribution in [0.25, 0.3) is 0 Å². The number of amides is 1. The van der Waals surface area contributed by atoms with Gasteiger partial charge in [-0.25, -0.2) is 4.98 Å². The zero-order valence-corrected chi connectivity index (χ0v) is 15.2. The molecule has 2 heterocycles. The Kier molecular flexibility index (Phi) is 5.36. The summed E-state index contributed by atoms with van der Waals surface area (Å²) in [5.41, 5.74) is 2.85. The van der Waals surface area contributed by atoms with Crippen LogP contribution in [0.1, 0.15) is 55.6 Å². The summed E-state index contributed by atoms with van der Waals surface area (Å²) >= 11 is 0. The molecule has 1 atom stereocenters. The van der Waals surface area contributed by atoms with E-state index in [9.17, 15) is 4.79 Å². The molecule has 0 saturated heterocycles. The van der Waals surface area contributed by atoms with Gasteiger partial charge in [-0.05, 0) is 58.1 Å². The number of carbonyl (C=O) groups is 1. The highest BCUT2D eigenvalue weighted by molar-refractivity contribution is 5.79. The van der Waals surface area contributed by atoms with Gasteiger partial charge in [0.15, 0.2) is 0 Å². The number of carbonyl (C=O) groups excluding carboxylic acids is 1. The Bertz CT molecular complexity index is 718. The molecule has 1 N–H and O–H groups in total. The summed E-state index contributed by atoms with van der Waals surface area (Å²) in [6.07, 6.45) is 6.77. The lowest BCUT2D eigenvalue weighted by Gasteiger charge is -2.15. The highest BCUT2D eigenvalue weighted by Gasteiger charge is 2.18. The molecule has 0 spiro atoms. The Hall–Kier alpha value is -2.37. The number of ether oxygens (including phenoxy) is 1. The zero-order chi connectivity index (χ0) is 17.8. The number of pyridine rings is 1. The first-order valence-corrected chi connectivity index (χ1v) is 8.95. The van der Waals surface area contributed by atoms with Gasteiger partial charge in [-0.15, -0.1) is 0 Å². The predicted octanol–water partition coefficient (Wildman–Crippen LogP) is 3.09. The monoisotopic (exact) mass is 342 g/mol. The predicted molar refractivity (Wildman–Crippen MR) is 95.4 cm³/mol. The van der Waals surface area contributed by atoms with Crippen LogP contribution >= 0.6 is 0 Å². The van der Waals surface area contributed by atoms with Crippen LogP contribution in [0.5, 0.6) is 5.88 Å². The van der Waals surface area contributed by atoms with Gasteiger partial charge in [-0.2, -0.15) is 5.10 Å². The van der Waals surface area contributed by atoms with Crippen molar-refractivity contribution in [1.82, 2.24) is 20.1 Å². The van der Waals surface area contributed by atoms with Gasteiger partial charge in [-0.3, -0.25) is 9.48 Å². The minimum atomic E-state index is -0.341. The smallest absolute Gasteiger partial charge is 0.244 e. The summed E-state index contributed by atoms with van der Waals surface area (Å²) in [7, 11) is 0. The molecule has 6 nitrogen and oxygen atoms in total. The van der Waals surface area contributed by atoms with Crippen LogP contribution in [0.2, 0.25) is 0 Å². The van der Waals surface area contributed by atoms with Gasteiger partial charge in [0.1, 0.15) is 12.1 Å². The van der Waals surface area contributed by atoms with Crippen molar-refractivity contribution in [2.24, 2.45) is 0 Å². The fraction of sp³-hybridized carbons (Fsp3) is 0.526. The second-order valence-corrected chi connectivity index (χ2v) is 6.79. The Morgan fingerprint density at radius 1 is 1.36 bits per heavy atom. The molecule has 134 valence electrons. The molecule has 1 unspecified atom stereocenters. The van der Waals surface area contributed by atoms with E-state index in [1.807, 2.05) is 39.0 Å². The molecule has 6 heteroatoms. The third-order valence-electron chi connectivity index (χ3n) is 4.64. The maximum atomic E-state index is 12.4. The fourth-order valence-electron chi connectivity index (χ4n) is 3.25. The molecule has 1 amide bonds. The average molecular weight is 342 g/mol. The van der Waals surface area contributed by atoms with Crippen molar-refractivity contribution in [3.05, 3.63) is 41.3 Å². The van der Waals surface area contributed by atoms with Crippen LogP contribution in [-0.2, 0) is 11.3 Å². The van der Waals surface area contributed by atoms with Crippen molar-refractivity contribution in [3.8, 4) is 5.88 Å². The van der Waals surface area contributed by atoms with E-state index in [4.69, 9.17) is 4.74 Å². The summed E-state index contributed by atoms with van der Waals surface area (Å²) in [6, 6.07) is 5.46. The summed E-state index contributed by atoms with van der Waals surface area (Å²) < 4.78 is 7.61. The molecule has 1 saturated carbocycles. The molecular formula is C19H26N4O2. The van der Waals surface area contributed by atoms with Crippen LogP contribution in [0.4, 0.5) is 0 Å². The zero-order valence-electron chi connectivity index (χ0n) is 15.2. The number of aromatic nitrogens is 3. The van der Waals surface area contributed by atoms with Crippen molar-refractivity contribution >= 4 is 5.91 Å². The summed E-state index contributed by atoms with van der Waals surface area (Å²) in [6.45, 7) is 6.18. The number of hydrogen-bond acceptors (Lipinski definition) is 4. The molecule has 0 radical (unpaired) electrons. The quantitative estimate of drug-likeness (QED) is 0.876. The normalized spacial score (nSPS) is 16.0. The largest absolute Gasteiger partial charge is 0.474 e. The second-order valence-electron chi connectivity index (χ2n) is 6.79. The topological polar surface area (TPSA) is 69.0 Å². The maximum Gasteiger partial charge on any atom is 0.244 e. The molecular weight excluding hydrogens is 316 g/mol. The first kappa shape index (κ1) is 17.5. The standard InChI is InChI=1S/C19H26N4O2/c1-13-10-14(2)23(22-13)15(3)19(24)21-12-16-8-9-18(20-11-16)25-17-6-4-5-7-17/h8-11,15,17H,4-7,12H2,1-3H3,(H,21,24). The van der Waals surface area contributed by atoms with E-state index in [0.29, 0.717) is 18.5 Å². The molecule has 3 rings (SSSR count). The second kappa shape index (κ2) is 7.68. The van der Waals surface area contributed by atoms with E-state index in [0.717, 1.165) is 29.8 Å². The highest BCUT2D eigenvalue weighted by Crippen LogP contribution is 2.22. The minimum Gasteiger partial charge on any atom is -0.474 e. The average Bonchev–Trinajstić information content (AvgIpc) is 3.22. The van der Waals surface area contributed by atoms with Crippen LogP contribution in [-0.4, -0.2) is 26.8 Å². The van der Waals surface area contributed by atoms with Crippen molar-refractivity contribution in [3.63, 3.8) is 0 Å². The number of hydrogen-bond donors (Lipinski definition) is 1. The molecule has 0 bridgehead atoms. The van der Waals surface area contributed by atoms with E-state index < -0.39 is 0 Å². The lowest BCUT2D eigenvalue weighted by Crippen LogP contribution is -2.31. The Labute approximate surface area is 148 Å². The van der Waals surface area contributed by atoms with Gasteiger partial charge < -0.3 is 10.1 Å². The van der Waals surface area contributed by atoms with Gasteiger partial charge in [0.05, 0.1) is 5.69 Å². The Morgan fingerprint density at radius 2 is 2.12 bits per heavy atom. The summed E-state index contributed by atoms with van der Waals surface area (Å²) in [4.78, 5) is 16.7. The van der Waals surface area contributed by atoms with Crippen LogP contribution in [0.3, 0.4) is 0 Å². The van der Waals surface area contributed by atoms with Crippen LogP contribution in [0, 0.1) is 13.8 Å². The van der Waals surface area contributed by atoms with Crippen molar-refractivity contribution < 1.29 is 9.53 Å². The number of aryl methyl sites for hydroxylation is 2. The third kappa shape index (κ3) is 4.38. The molecule has 0 aromatic carbocycles. The maximum absolute atomic E-state index is 12.4. The lowest BCUT2D eigenvalue weighted by molar-refractivity contribution is -0.124. The van der Waals surface area contributed by atoms with Gasteiger partial charge in [0, 0.05) is 24.5 Å². The van der Waals surface area contributed by atoms with Gasteiger partial charge in [0.2, 0.25) is 11.8 Å². The van der Waals surface area contributed by atoms with Gasteiger partial charge in [0.25, 0.3) is 0 Å². The Morgan fingerprint density at radius 3 is 2.72 bits per heavy atom. The SMILES string of the molecule is Cc1cc(C)n(C(C)C(=O)NCc2ccc(OC3CCCC3)nc2)n1. The van der Waals surface area contributed by atoms with E-state index in [2.05, 4.69) is 15.4 Å². The number of nitrogens with one attached hydrogen (secondary N) is 1. The summed E-state index contributed by atoms with van der Waals surface area (Å²) in [5.74, 6) is 0.607. The van der Waals surface area contributed by atoms with Crippen LogP contribution in [0.15, 0.2) is 24.4 Å². The number of rotatable bonds is 6. The molecule has 1 aliphatic carbocycles. The van der Waals surface area contributed by atoms with E-state index in [1.54, 1.807) is 10.9 Å². The Balaban J connectivity index is 1.52. The van der Waals surface area contributed by atoms with Gasteiger partial charge >= 0.3 is 0 Å². The molecule has 2 aromatic heterocycles.